The van der Waals surface area contributed by atoms with Gasteiger partial charge in [-0.1, -0.05) is 6.07 Å². The van der Waals surface area contributed by atoms with Crippen molar-refractivity contribution in [2.75, 3.05) is 12.4 Å². The molecule has 94 valence electrons. The van der Waals surface area contributed by atoms with E-state index in [0.717, 1.165) is 0 Å². The molecule has 1 aromatic carbocycles. The third-order valence-corrected chi connectivity index (χ3v) is 2.80. The summed E-state index contributed by atoms with van der Waals surface area (Å²) < 4.78 is 13.4. The largest absolute Gasteiger partial charge is 0.335 e. The van der Waals surface area contributed by atoms with Gasteiger partial charge in [-0.15, -0.1) is 11.6 Å². The minimum atomic E-state index is -0.356. The van der Waals surface area contributed by atoms with Crippen LogP contribution < -0.4 is 0 Å². The van der Waals surface area contributed by atoms with Crippen LogP contribution in [-0.2, 0) is 0 Å². The average molecular weight is 258 g/mol. The molecule has 0 aliphatic heterocycles. The van der Waals surface area contributed by atoms with E-state index in [0.29, 0.717) is 23.6 Å². The maximum Gasteiger partial charge on any atom is 0.254 e. The molecular weight excluding hydrogens is 241 g/mol. The van der Waals surface area contributed by atoms with Crippen LogP contribution >= 0.6 is 11.6 Å². The summed E-state index contributed by atoms with van der Waals surface area (Å²) in [4.78, 5) is 13.8. The van der Waals surface area contributed by atoms with E-state index in [4.69, 9.17) is 11.6 Å². The zero-order chi connectivity index (χ0) is 13.0. The van der Waals surface area contributed by atoms with Gasteiger partial charge in [0.15, 0.2) is 0 Å². The minimum absolute atomic E-state index is 0.0469. The maximum absolute atomic E-state index is 13.4. The molecule has 0 aliphatic carbocycles. The van der Waals surface area contributed by atoms with Crippen LogP contribution in [0.3, 0.4) is 0 Å². The molecule has 17 heavy (non-hydrogen) atoms. The fraction of sp³-hybridized carbons (Fsp3) is 0.462. The quantitative estimate of drug-likeness (QED) is 0.759. The van der Waals surface area contributed by atoms with Crippen LogP contribution in [0.4, 0.5) is 4.39 Å². The standard InChI is InChI=1S/C13H17ClFNO/c1-9(2)16(7-6-14)13(17)11-5-4-10(3)12(15)8-11/h4-5,8-9H,6-7H2,1-3H3. The van der Waals surface area contributed by atoms with Crippen molar-refractivity contribution in [1.29, 1.82) is 0 Å². The highest BCUT2D eigenvalue weighted by atomic mass is 35.5. The number of rotatable bonds is 4. The summed E-state index contributed by atoms with van der Waals surface area (Å²) in [5, 5.41) is 0. The van der Waals surface area contributed by atoms with Gasteiger partial charge in [-0.25, -0.2) is 4.39 Å². The van der Waals surface area contributed by atoms with E-state index >= 15 is 0 Å². The first kappa shape index (κ1) is 14.0. The van der Waals surface area contributed by atoms with Crippen LogP contribution in [0.5, 0.6) is 0 Å². The highest BCUT2D eigenvalue weighted by Gasteiger charge is 2.18. The van der Waals surface area contributed by atoms with E-state index < -0.39 is 0 Å². The van der Waals surface area contributed by atoms with Gasteiger partial charge >= 0.3 is 0 Å². The number of alkyl halides is 1. The molecule has 0 fully saturated rings. The SMILES string of the molecule is Cc1ccc(C(=O)N(CCCl)C(C)C)cc1F. The smallest absolute Gasteiger partial charge is 0.254 e. The first-order chi connectivity index (χ1) is 7.97. The summed E-state index contributed by atoms with van der Waals surface area (Å²) in [5.41, 5.74) is 0.905. The lowest BCUT2D eigenvalue weighted by Crippen LogP contribution is -2.38. The Hall–Kier alpha value is -1.09. The van der Waals surface area contributed by atoms with Crippen LogP contribution in [0.1, 0.15) is 29.8 Å². The molecule has 0 saturated heterocycles. The fourth-order valence-corrected chi connectivity index (χ4v) is 1.76. The van der Waals surface area contributed by atoms with Gasteiger partial charge < -0.3 is 4.90 Å². The first-order valence-electron chi connectivity index (χ1n) is 5.60. The Morgan fingerprint density at radius 2 is 2.12 bits per heavy atom. The van der Waals surface area contributed by atoms with Crippen molar-refractivity contribution in [2.45, 2.75) is 26.8 Å². The Kier molecular flexibility index (Phi) is 4.94. The topological polar surface area (TPSA) is 20.3 Å². The second-order valence-electron chi connectivity index (χ2n) is 4.25. The van der Waals surface area contributed by atoms with Gasteiger partial charge in [0.25, 0.3) is 5.91 Å². The van der Waals surface area contributed by atoms with Crippen molar-refractivity contribution in [2.24, 2.45) is 0 Å². The van der Waals surface area contributed by atoms with Crippen LogP contribution in [0, 0.1) is 12.7 Å². The Labute approximate surface area is 106 Å². The number of benzene rings is 1. The number of halogens is 2. The van der Waals surface area contributed by atoms with Crippen LogP contribution in [0.2, 0.25) is 0 Å². The molecular formula is C13H17ClFNO. The van der Waals surface area contributed by atoms with E-state index in [1.165, 1.54) is 6.07 Å². The number of hydrogen-bond donors (Lipinski definition) is 0. The Morgan fingerprint density at radius 1 is 1.47 bits per heavy atom. The monoisotopic (exact) mass is 257 g/mol. The van der Waals surface area contributed by atoms with Gasteiger partial charge in [0.2, 0.25) is 0 Å². The summed E-state index contributed by atoms with van der Waals surface area (Å²) >= 11 is 5.66. The first-order valence-corrected chi connectivity index (χ1v) is 6.14. The summed E-state index contributed by atoms with van der Waals surface area (Å²) in [6, 6.07) is 4.58. The molecule has 0 atom stereocenters. The Morgan fingerprint density at radius 3 is 2.59 bits per heavy atom. The van der Waals surface area contributed by atoms with E-state index in [1.807, 2.05) is 13.8 Å². The van der Waals surface area contributed by atoms with Gasteiger partial charge in [-0.3, -0.25) is 4.79 Å². The summed E-state index contributed by atoms with van der Waals surface area (Å²) in [6.07, 6.45) is 0. The van der Waals surface area contributed by atoms with Crippen molar-refractivity contribution >= 4 is 17.5 Å². The van der Waals surface area contributed by atoms with Crippen LogP contribution in [-0.4, -0.2) is 29.3 Å². The predicted octanol–water partition coefficient (Wildman–Crippen LogP) is 3.22. The number of amides is 1. The molecule has 1 aromatic rings. The number of nitrogens with zero attached hydrogens (tertiary/aromatic N) is 1. The number of carbonyl (C=O) groups excluding carboxylic acids is 1. The second-order valence-corrected chi connectivity index (χ2v) is 4.62. The Bertz CT molecular complexity index is 406. The lowest BCUT2D eigenvalue weighted by molar-refractivity contribution is 0.0718. The van der Waals surface area contributed by atoms with Crippen molar-refractivity contribution in [3.63, 3.8) is 0 Å². The predicted molar refractivity (Wildman–Crippen MR) is 68.0 cm³/mol. The van der Waals surface area contributed by atoms with Gasteiger partial charge in [0, 0.05) is 24.0 Å². The molecule has 0 radical (unpaired) electrons. The molecule has 4 heteroatoms. The molecule has 0 aliphatic rings. The van der Waals surface area contributed by atoms with Crippen LogP contribution in [0.25, 0.3) is 0 Å². The highest BCUT2D eigenvalue weighted by Crippen LogP contribution is 2.13. The summed E-state index contributed by atoms with van der Waals surface area (Å²) in [7, 11) is 0. The van der Waals surface area contributed by atoms with Gasteiger partial charge in [0.05, 0.1) is 0 Å². The molecule has 2 nitrogen and oxygen atoms in total. The number of hydrogen-bond acceptors (Lipinski definition) is 1. The fourth-order valence-electron chi connectivity index (χ4n) is 1.58. The third-order valence-electron chi connectivity index (χ3n) is 2.63. The summed E-state index contributed by atoms with van der Waals surface area (Å²) in [6.45, 7) is 5.96. The van der Waals surface area contributed by atoms with Crippen molar-refractivity contribution in [3.05, 3.63) is 35.1 Å². The van der Waals surface area contributed by atoms with Crippen molar-refractivity contribution in [3.8, 4) is 0 Å². The van der Waals surface area contributed by atoms with Crippen LogP contribution in [0.15, 0.2) is 18.2 Å². The number of carbonyl (C=O) groups is 1. The second kappa shape index (κ2) is 6.01. The Balaban J connectivity index is 2.97. The minimum Gasteiger partial charge on any atom is -0.335 e. The lowest BCUT2D eigenvalue weighted by atomic mass is 10.1. The molecule has 1 amide bonds. The van der Waals surface area contributed by atoms with E-state index in [-0.39, 0.29) is 17.8 Å². The van der Waals surface area contributed by atoms with E-state index in [1.54, 1.807) is 24.0 Å². The highest BCUT2D eigenvalue weighted by molar-refractivity contribution is 6.18. The summed E-state index contributed by atoms with van der Waals surface area (Å²) in [5.74, 6) is -0.164. The normalized spacial score (nSPS) is 10.7. The van der Waals surface area contributed by atoms with Crippen molar-refractivity contribution < 1.29 is 9.18 Å². The lowest BCUT2D eigenvalue weighted by Gasteiger charge is -2.26. The van der Waals surface area contributed by atoms with Gasteiger partial charge in [-0.05, 0) is 38.5 Å². The maximum atomic E-state index is 13.4. The number of aryl methyl sites for hydroxylation is 1. The molecule has 0 saturated carbocycles. The van der Waals surface area contributed by atoms with E-state index in [9.17, 15) is 9.18 Å². The zero-order valence-electron chi connectivity index (χ0n) is 10.3. The molecule has 0 heterocycles. The molecule has 0 unspecified atom stereocenters. The third kappa shape index (κ3) is 3.43. The molecule has 0 aromatic heterocycles. The zero-order valence-corrected chi connectivity index (χ0v) is 11.1. The average Bonchev–Trinajstić information content (AvgIpc) is 2.28. The molecule has 0 bridgehead atoms. The molecule has 1 rings (SSSR count). The molecule has 0 N–H and O–H groups in total. The van der Waals surface area contributed by atoms with Crippen molar-refractivity contribution in [1.82, 2.24) is 4.90 Å². The molecule has 0 spiro atoms. The van der Waals surface area contributed by atoms with Gasteiger partial charge in [-0.2, -0.15) is 0 Å². The van der Waals surface area contributed by atoms with Gasteiger partial charge in [0.1, 0.15) is 5.82 Å². The van der Waals surface area contributed by atoms with E-state index in [2.05, 4.69) is 0 Å².